The zero-order chi connectivity index (χ0) is 11.5. The van der Waals surface area contributed by atoms with Crippen molar-refractivity contribution >= 4 is 5.91 Å². The first-order valence-electron chi connectivity index (χ1n) is 6.40. The monoisotopic (exact) mass is 225 g/mol. The van der Waals surface area contributed by atoms with Crippen LogP contribution < -0.4 is 10.6 Å². The highest BCUT2D eigenvalue weighted by Crippen LogP contribution is 2.24. The van der Waals surface area contributed by atoms with E-state index in [1.54, 1.807) is 0 Å². The number of carbonyl (C=O) groups is 1. The molecule has 16 heavy (non-hydrogen) atoms. The van der Waals surface area contributed by atoms with E-state index >= 15 is 0 Å². The molecule has 0 spiro atoms. The molecule has 0 saturated carbocycles. The fourth-order valence-corrected chi connectivity index (χ4v) is 2.84. The molecule has 2 atom stereocenters. The largest absolute Gasteiger partial charge is 0.353 e. The average Bonchev–Trinajstić information content (AvgIpc) is 2.63. The van der Waals surface area contributed by atoms with Gasteiger partial charge in [-0.2, -0.15) is 0 Å². The highest BCUT2D eigenvalue weighted by molar-refractivity contribution is 5.78. The van der Waals surface area contributed by atoms with E-state index in [0.717, 1.165) is 25.6 Å². The molecule has 2 fully saturated rings. The molecule has 1 amide bonds. The molecule has 2 N–H and O–H groups in total. The third-order valence-electron chi connectivity index (χ3n) is 3.56. The summed E-state index contributed by atoms with van der Waals surface area (Å²) in [5.41, 5.74) is 0. The third-order valence-corrected chi connectivity index (χ3v) is 3.56. The molecule has 0 aromatic carbocycles. The van der Waals surface area contributed by atoms with E-state index in [9.17, 15) is 4.79 Å². The van der Waals surface area contributed by atoms with Crippen LogP contribution in [0.15, 0.2) is 0 Å². The van der Waals surface area contributed by atoms with Gasteiger partial charge in [0.05, 0.1) is 6.54 Å². The van der Waals surface area contributed by atoms with E-state index in [2.05, 4.69) is 15.5 Å². The van der Waals surface area contributed by atoms with Crippen molar-refractivity contribution in [2.24, 2.45) is 5.92 Å². The Morgan fingerprint density at radius 2 is 2.31 bits per heavy atom. The first-order chi connectivity index (χ1) is 7.65. The van der Waals surface area contributed by atoms with Crippen LogP contribution in [0, 0.1) is 5.92 Å². The zero-order valence-corrected chi connectivity index (χ0v) is 10.3. The topological polar surface area (TPSA) is 44.4 Å². The summed E-state index contributed by atoms with van der Waals surface area (Å²) in [6.07, 6.45) is 2.46. The van der Waals surface area contributed by atoms with E-state index in [-0.39, 0.29) is 11.9 Å². The van der Waals surface area contributed by atoms with Crippen LogP contribution in [0.2, 0.25) is 0 Å². The highest BCUT2D eigenvalue weighted by Gasteiger charge is 2.32. The maximum atomic E-state index is 11.6. The van der Waals surface area contributed by atoms with Gasteiger partial charge in [0.2, 0.25) is 5.91 Å². The minimum Gasteiger partial charge on any atom is -0.353 e. The lowest BCUT2D eigenvalue weighted by Gasteiger charge is -2.34. The molecular formula is C12H23N3O. The molecule has 0 aromatic rings. The van der Waals surface area contributed by atoms with Crippen molar-refractivity contribution in [3.8, 4) is 0 Å². The number of amides is 1. The van der Waals surface area contributed by atoms with Crippen LogP contribution >= 0.6 is 0 Å². The van der Waals surface area contributed by atoms with Crippen molar-refractivity contribution in [1.29, 1.82) is 0 Å². The Balaban J connectivity index is 1.76. The summed E-state index contributed by atoms with van der Waals surface area (Å²) in [6.45, 7) is 7.88. The fourth-order valence-electron chi connectivity index (χ4n) is 2.84. The summed E-state index contributed by atoms with van der Waals surface area (Å²) in [6, 6.07) is 0.961. The standard InChI is InChI=1S/C12H23N3O/c1-9(2)14-12(16)8-15-6-4-11-10(7-15)3-5-13-11/h9-11,13H,3-8H2,1-2H3,(H,14,16). The lowest BCUT2D eigenvalue weighted by molar-refractivity contribution is -0.123. The molecule has 0 aromatic heterocycles. The predicted octanol–water partition coefficient (Wildman–Crippen LogP) is 0.195. The smallest absolute Gasteiger partial charge is 0.234 e. The Morgan fingerprint density at radius 1 is 1.50 bits per heavy atom. The third kappa shape index (κ3) is 2.95. The summed E-state index contributed by atoms with van der Waals surface area (Å²) >= 11 is 0. The summed E-state index contributed by atoms with van der Waals surface area (Å²) in [4.78, 5) is 13.9. The van der Waals surface area contributed by atoms with Crippen LogP contribution in [0.25, 0.3) is 0 Å². The molecule has 2 unspecified atom stereocenters. The van der Waals surface area contributed by atoms with Crippen LogP contribution in [0.1, 0.15) is 26.7 Å². The van der Waals surface area contributed by atoms with Gasteiger partial charge in [0.1, 0.15) is 0 Å². The van der Waals surface area contributed by atoms with Crippen molar-refractivity contribution < 1.29 is 4.79 Å². The first-order valence-corrected chi connectivity index (χ1v) is 6.40. The van der Waals surface area contributed by atoms with Gasteiger partial charge in [-0.15, -0.1) is 0 Å². The van der Waals surface area contributed by atoms with Crippen LogP contribution in [0.3, 0.4) is 0 Å². The molecule has 0 bridgehead atoms. The second-order valence-corrected chi connectivity index (χ2v) is 5.36. The molecule has 92 valence electrons. The van der Waals surface area contributed by atoms with Crippen LogP contribution in [0.5, 0.6) is 0 Å². The van der Waals surface area contributed by atoms with Gasteiger partial charge in [0.15, 0.2) is 0 Å². The van der Waals surface area contributed by atoms with Gasteiger partial charge in [-0.25, -0.2) is 0 Å². The van der Waals surface area contributed by atoms with Gasteiger partial charge in [-0.1, -0.05) is 0 Å². The van der Waals surface area contributed by atoms with Gasteiger partial charge >= 0.3 is 0 Å². The first kappa shape index (κ1) is 11.9. The number of likely N-dealkylation sites (tertiary alicyclic amines) is 1. The van der Waals surface area contributed by atoms with E-state index in [1.165, 1.54) is 12.8 Å². The van der Waals surface area contributed by atoms with Crippen LogP contribution in [-0.2, 0) is 4.79 Å². The zero-order valence-electron chi connectivity index (χ0n) is 10.3. The number of hydrogen-bond acceptors (Lipinski definition) is 3. The van der Waals surface area contributed by atoms with Gasteiger partial charge in [0, 0.05) is 25.2 Å². The second kappa shape index (κ2) is 5.15. The molecule has 2 rings (SSSR count). The number of piperidine rings is 1. The SMILES string of the molecule is CC(C)NC(=O)CN1CCC2NCCC2C1. The van der Waals surface area contributed by atoms with Gasteiger partial charge in [0.25, 0.3) is 0 Å². The fraction of sp³-hybridized carbons (Fsp3) is 0.917. The quantitative estimate of drug-likeness (QED) is 0.721. The maximum Gasteiger partial charge on any atom is 0.234 e. The summed E-state index contributed by atoms with van der Waals surface area (Å²) in [5, 5.41) is 6.49. The number of fused-ring (bicyclic) bond motifs is 1. The molecule has 4 heteroatoms. The number of rotatable bonds is 3. The minimum absolute atomic E-state index is 0.166. The molecule has 2 aliphatic heterocycles. The minimum atomic E-state index is 0.166. The Bertz CT molecular complexity index is 255. The molecule has 2 aliphatic rings. The van der Waals surface area contributed by atoms with Crippen LogP contribution in [0.4, 0.5) is 0 Å². The lowest BCUT2D eigenvalue weighted by Crippen LogP contribution is -2.48. The molecule has 2 saturated heterocycles. The van der Waals surface area contributed by atoms with Crippen LogP contribution in [-0.4, -0.2) is 49.1 Å². The Morgan fingerprint density at radius 3 is 3.06 bits per heavy atom. The number of nitrogens with zero attached hydrogens (tertiary/aromatic N) is 1. The summed E-state index contributed by atoms with van der Waals surface area (Å²) in [5.74, 6) is 0.931. The number of nitrogens with one attached hydrogen (secondary N) is 2. The van der Waals surface area contributed by atoms with E-state index in [1.807, 2.05) is 13.8 Å². The van der Waals surface area contributed by atoms with E-state index < -0.39 is 0 Å². The Labute approximate surface area is 97.8 Å². The highest BCUT2D eigenvalue weighted by atomic mass is 16.2. The molecule has 2 heterocycles. The van der Waals surface area contributed by atoms with E-state index in [0.29, 0.717) is 12.6 Å². The van der Waals surface area contributed by atoms with Gasteiger partial charge in [-0.3, -0.25) is 9.69 Å². The maximum absolute atomic E-state index is 11.6. The summed E-state index contributed by atoms with van der Waals surface area (Å²) < 4.78 is 0. The average molecular weight is 225 g/mol. The van der Waals surface area contributed by atoms with Crippen molar-refractivity contribution in [1.82, 2.24) is 15.5 Å². The second-order valence-electron chi connectivity index (χ2n) is 5.36. The molecule has 0 aliphatic carbocycles. The Kier molecular flexibility index (Phi) is 3.82. The van der Waals surface area contributed by atoms with Crippen molar-refractivity contribution in [2.45, 2.75) is 38.8 Å². The molecule has 4 nitrogen and oxygen atoms in total. The predicted molar refractivity (Wildman–Crippen MR) is 64.2 cm³/mol. The van der Waals surface area contributed by atoms with Crippen molar-refractivity contribution in [3.63, 3.8) is 0 Å². The van der Waals surface area contributed by atoms with Crippen molar-refractivity contribution in [2.75, 3.05) is 26.2 Å². The Hall–Kier alpha value is -0.610. The van der Waals surface area contributed by atoms with Gasteiger partial charge in [-0.05, 0) is 39.2 Å². The van der Waals surface area contributed by atoms with Gasteiger partial charge < -0.3 is 10.6 Å². The van der Waals surface area contributed by atoms with E-state index in [4.69, 9.17) is 0 Å². The normalized spacial score (nSPS) is 30.4. The van der Waals surface area contributed by atoms with Crippen molar-refractivity contribution in [3.05, 3.63) is 0 Å². The molecular weight excluding hydrogens is 202 g/mol. The molecule has 0 radical (unpaired) electrons. The summed E-state index contributed by atoms with van der Waals surface area (Å²) in [7, 11) is 0. The number of hydrogen-bond donors (Lipinski definition) is 2. The number of carbonyl (C=O) groups excluding carboxylic acids is 1. The lowest BCUT2D eigenvalue weighted by atomic mass is 9.93.